The SMILES string of the molecule is CCC(C)[C@H](N)c1cccc2ccccc12. The standard InChI is InChI=1S/C15H19N/c1-3-11(2)15(16)14-10-6-8-12-7-4-5-9-13(12)14/h4-11,15H,3,16H2,1-2H3/t11?,15-/m0/s1. The number of nitrogens with two attached hydrogens (primary N) is 1. The largest absolute Gasteiger partial charge is 0.324 e. The zero-order valence-corrected chi connectivity index (χ0v) is 9.98. The van der Waals surface area contributed by atoms with Crippen molar-refractivity contribution in [2.45, 2.75) is 26.3 Å². The van der Waals surface area contributed by atoms with Gasteiger partial charge in [0.15, 0.2) is 0 Å². The van der Waals surface area contributed by atoms with Gasteiger partial charge in [0.1, 0.15) is 0 Å². The second-order valence-corrected chi connectivity index (χ2v) is 4.48. The molecule has 0 aliphatic rings. The summed E-state index contributed by atoms with van der Waals surface area (Å²) in [6.07, 6.45) is 1.12. The van der Waals surface area contributed by atoms with Crippen LogP contribution in [0.1, 0.15) is 31.9 Å². The van der Waals surface area contributed by atoms with Crippen LogP contribution >= 0.6 is 0 Å². The highest BCUT2D eigenvalue weighted by molar-refractivity contribution is 5.86. The molecule has 0 aromatic heterocycles. The van der Waals surface area contributed by atoms with Gasteiger partial charge in [-0.25, -0.2) is 0 Å². The van der Waals surface area contributed by atoms with Gasteiger partial charge in [-0.05, 0) is 22.3 Å². The molecule has 0 aliphatic carbocycles. The molecule has 1 nitrogen and oxygen atoms in total. The first-order valence-electron chi connectivity index (χ1n) is 5.97. The summed E-state index contributed by atoms with van der Waals surface area (Å²) in [7, 11) is 0. The number of rotatable bonds is 3. The fourth-order valence-electron chi connectivity index (χ4n) is 2.10. The number of hydrogen-bond acceptors (Lipinski definition) is 1. The fraction of sp³-hybridized carbons (Fsp3) is 0.333. The zero-order valence-electron chi connectivity index (χ0n) is 9.98. The lowest BCUT2D eigenvalue weighted by Crippen LogP contribution is -2.18. The van der Waals surface area contributed by atoms with E-state index in [1.165, 1.54) is 16.3 Å². The van der Waals surface area contributed by atoms with Gasteiger partial charge in [0.25, 0.3) is 0 Å². The van der Waals surface area contributed by atoms with Crippen LogP contribution < -0.4 is 5.73 Å². The van der Waals surface area contributed by atoms with Gasteiger partial charge in [-0.2, -0.15) is 0 Å². The van der Waals surface area contributed by atoms with Gasteiger partial charge in [0, 0.05) is 6.04 Å². The Labute approximate surface area is 97.3 Å². The molecule has 0 saturated heterocycles. The maximum Gasteiger partial charge on any atom is 0.0326 e. The molecule has 2 rings (SSSR count). The van der Waals surface area contributed by atoms with Gasteiger partial charge < -0.3 is 5.73 Å². The van der Waals surface area contributed by atoms with Crippen LogP contribution in [-0.4, -0.2) is 0 Å². The van der Waals surface area contributed by atoms with Crippen molar-refractivity contribution in [3.63, 3.8) is 0 Å². The van der Waals surface area contributed by atoms with Crippen molar-refractivity contribution in [1.29, 1.82) is 0 Å². The molecule has 0 radical (unpaired) electrons. The number of benzene rings is 2. The number of fused-ring (bicyclic) bond motifs is 1. The molecule has 0 bridgehead atoms. The first-order chi connectivity index (χ1) is 7.74. The van der Waals surface area contributed by atoms with Gasteiger partial charge in [0.2, 0.25) is 0 Å². The molecular weight excluding hydrogens is 194 g/mol. The van der Waals surface area contributed by atoms with Crippen LogP contribution in [-0.2, 0) is 0 Å². The molecule has 2 aromatic carbocycles. The summed E-state index contributed by atoms with van der Waals surface area (Å²) in [6, 6.07) is 15.0. The maximum absolute atomic E-state index is 6.32. The van der Waals surface area contributed by atoms with E-state index in [2.05, 4.69) is 56.3 Å². The molecule has 16 heavy (non-hydrogen) atoms. The summed E-state index contributed by atoms with van der Waals surface area (Å²) < 4.78 is 0. The minimum absolute atomic E-state index is 0.135. The third-order valence-corrected chi connectivity index (χ3v) is 3.44. The van der Waals surface area contributed by atoms with E-state index in [0.29, 0.717) is 5.92 Å². The van der Waals surface area contributed by atoms with Crippen LogP contribution in [0.5, 0.6) is 0 Å². The Bertz CT molecular complexity index is 470. The summed E-state index contributed by atoms with van der Waals surface area (Å²) in [6.45, 7) is 4.40. The van der Waals surface area contributed by atoms with E-state index in [4.69, 9.17) is 5.73 Å². The summed E-state index contributed by atoms with van der Waals surface area (Å²) >= 11 is 0. The maximum atomic E-state index is 6.32. The predicted octanol–water partition coefficient (Wildman–Crippen LogP) is 3.89. The van der Waals surface area contributed by atoms with Crippen LogP contribution in [0.15, 0.2) is 42.5 Å². The quantitative estimate of drug-likeness (QED) is 0.822. The van der Waals surface area contributed by atoms with Crippen molar-refractivity contribution in [2.75, 3.05) is 0 Å². The second kappa shape index (κ2) is 4.67. The molecule has 0 aliphatic heterocycles. The van der Waals surface area contributed by atoms with E-state index in [1.54, 1.807) is 0 Å². The van der Waals surface area contributed by atoms with Crippen LogP contribution in [0.3, 0.4) is 0 Å². The molecule has 84 valence electrons. The molecule has 0 heterocycles. The van der Waals surface area contributed by atoms with Crippen LogP contribution in [0, 0.1) is 5.92 Å². The molecular formula is C15H19N. The van der Waals surface area contributed by atoms with E-state index in [-0.39, 0.29) is 6.04 Å². The lowest BCUT2D eigenvalue weighted by atomic mass is 9.90. The minimum Gasteiger partial charge on any atom is -0.324 e. The Hall–Kier alpha value is -1.34. The lowest BCUT2D eigenvalue weighted by Gasteiger charge is -2.20. The molecule has 2 atom stereocenters. The Morgan fingerprint density at radius 1 is 1.06 bits per heavy atom. The molecule has 0 amide bonds. The predicted molar refractivity (Wildman–Crippen MR) is 70.3 cm³/mol. The van der Waals surface area contributed by atoms with Gasteiger partial charge in [-0.3, -0.25) is 0 Å². The van der Waals surface area contributed by atoms with Crippen molar-refractivity contribution in [1.82, 2.24) is 0 Å². The smallest absolute Gasteiger partial charge is 0.0326 e. The highest BCUT2D eigenvalue weighted by Crippen LogP contribution is 2.28. The Balaban J connectivity index is 2.52. The van der Waals surface area contributed by atoms with Crippen LogP contribution in [0.4, 0.5) is 0 Å². The Morgan fingerprint density at radius 3 is 2.50 bits per heavy atom. The molecule has 0 spiro atoms. The van der Waals surface area contributed by atoms with Gasteiger partial charge >= 0.3 is 0 Å². The average molecular weight is 213 g/mol. The van der Waals surface area contributed by atoms with Crippen molar-refractivity contribution in [3.05, 3.63) is 48.0 Å². The van der Waals surface area contributed by atoms with E-state index in [0.717, 1.165) is 6.42 Å². The Kier molecular flexibility index (Phi) is 3.25. The summed E-state index contributed by atoms with van der Waals surface area (Å²) in [4.78, 5) is 0. The van der Waals surface area contributed by atoms with Crippen molar-refractivity contribution >= 4 is 10.8 Å². The summed E-state index contributed by atoms with van der Waals surface area (Å²) in [5.41, 5.74) is 7.59. The normalized spacial score (nSPS) is 14.9. The number of hydrogen-bond donors (Lipinski definition) is 1. The highest BCUT2D eigenvalue weighted by atomic mass is 14.6. The molecule has 2 aromatic rings. The molecule has 0 fully saturated rings. The van der Waals surface area contributed by atoms with E-state index >= 15 is 0 Å². The highest BCUT2D eigenvalue weighted by Gasteiger charge is 2.14. The Morgan fingerprint density at radius 2 is 1.75 bits per heavy atom. The van der Waals surface area contributed by atoms with Crippen molar-refractivity contribution < 1.29 is 0 Å². The molecule has 1 unspecified atom stereocenters. The topological polar surface area (TPSA) is 26.0 Å². The molecule has 0 saturated carbocycles. The average Bonchev–Trinajstić information content (AvgIpc) is 2.36. The van der Waals surface area contributed by atoms with Crippen molar-refractivity contribution in [3.8, 4) is 0 Å². The van der Waals surface area contributed by atoms with E-state index in [9.17, 15) is 0 Å². The first kappa shape index (κ1) is 11.2. The molecule has 1 heteroatoms. The van der Waals surface area contributed by atoms with E-state index < -0.39 is 0 Å². The van der Waals surface area contributed by atoms with Crippen molar-refractivity contribution in [2.24, 2.45) is 11.7 Å². The molecule has 2 N–H and O–H groups in total. The third kappa shape index (κ3) is 1.96. The summed E-state index contributed by atoms with van der Waals surface area (Å²) in [5, 5.41) is 2.57. The minimum atomic E-state index is 0.135. The third-order valence-electron chi connectivity index (χ3n) is 3.44. The van der Waals surface area contributed by atoms with Gasteiger partial charge in [-0.15, -0.1) is 0 Å². The summed E-state index contributed by atoms with van der Waals surface area (Å²) in [5.74, 6) is 0.519. The fourth-order valence-corrected chi connectivity index (χ4v) is 2.10. The second-order valence-electron chi connectivity index (χ2n) is 4.48. The van der Waals surface area contributed by atoms with Gasteiger partial charge in [-0.1, -0.05) is 62.7 Å². The first-order valence-corrected chi connectivity index (χ1v) is 5.97. The zero-order chi connectivity index (χ0) is 11.5. The van der Waals surface area contributed by atoms with Gasteiger partial charge in [0.05, 0.1) is 0 Å². The van der Waals surface area contributed by atoms with E-state index in [1.807, 2.05) is 0 Å². The monoisotopic (exact) mass is 213 g/mol. The van der Waals surface area contributed by atoms with Crippen LogP contribution in [0.25, 0.3) is 10.8 Å². The lowest BCUT2D eigenvalue weighted by molar-refractivity contribution is 0.459. The van der Waals surface area contributed by atoms with Crippen LogP contribution in [0.2, 0.25) is 0 Å².